The van der Waals surface area contributed by atoms with Crippen LogP contribution in [0.1, 0.15) is 11.1 Å². The van der Waals surface area contributed by atoms with Crippen molar-refractivity contribution >= 4 is 21.6 Å². The van der Waals surface area contributed by atoms with Crippen LogP contribution in [0.2, 0.25) is 0 Å². The van der Waals surface area contributed by atoms with Gasteiger partial charge in [-0.2, -0.15) is 8.78 Å². The molecule has 2 nitrogen and oxygen atoms in total. The van der Waals surface area contributed by atoms with Gasteiger partial charge in [0.05, 0.1) is 5.69 Å². The third kappa shape index (κ3) is 2.85. The molecule has 0 radical (unpaired) electrons. The number of alkyl halides is 3. The Balaban J connectivity index is 3.23. The second-order valence-corrected chi connectivity index (χ2v) is 4.01. The van der Waals surface area contributed by atoms with Crippen LogP contribution in [0.3, 0.4) is 0 Å². The van der Waals surface area contributed by atoms with E-state index in [1.807, 2.05) is 0 Å². The minimum absolute atomic E-state index is 0.0216. The van der Waals surface area contributed by atoms with E-state index in [1.54, 1.807) is 0 Å². The number of hydrogen-bond donors (Lipinski definition) is 2. The first kappa shape index (κ1) is 12.3. The third-order valence-corrected chi connectivity index (χ3v) is 2.34. The molecule has 0 unspecified atom stereocenters. The summed E-state index contributed by atoms with van der Waals surface area (Å²) >= 11 is 2.16. The Kier molecular flexibility index (Phi) is 3.62. The van der Waals surface area contributed by atoms with Crippen molar-refractivity contribution < 1.29 is 18.3 Å². The van der Waals surface area contributed by atoms with Gasteiger partial charge in [0.15, 0.2) is 0 Å². The van der Waals surface area contributed by atoms with Gasteiger partial charge in [0.25, 0.3) is 0 Å². The number of aliphatic hydroxyl groups is 1. The van der Waals surface area contributed by atoms with Crippen molar-refractivity contribution in [2.45, 2.75) is 11.3 Å². The lowest BCUT2D eigenvalue weighted by Gasteiger charge is -2.12. The molecule has 0 bridgehead atoms. The van der Waals surface area contributed by atoms with E-state index in [0.717, 1.165) is 12.1 Å². The van der Waals surface area contributed by atoms with Gasteiger partial charge in [-0.15, -0.1) is 0 Å². The van der Waals surface area contributed by atoms with Gasteiger partial charge in [-0.05, 0) is 40.0 Å². The summed E-state index contributed by atoms with van der Waals surface area (Å²) in [5.74, 6) is -0.760. The van der Waals surface area contributed by atoms with Crippen molar-refractivity contribution in [1.29, 1.82) is 0 Å². The fraction of sp³-hybridized carbons (Fsp3) is 0.333. The lowest BCUT2D eigenvalue weighted by molar-refractivity contribution is 0.114. The minimum Gasteiger partial charge on any atom is -0.396 e. The highest BCUT2D eigenvalue weighted by molar-refractivity contribution is 9.09. The van der Waals surface area contributed by atoms with Crippen LogP contribution < -0.4 is 5.73 Å². The van der Waals surface area contributed by atoms with E-state index in [0.29, 0.717) is 0 Å². The van der Waals surface area contributed by atoms with Gasteiger partial charge in [0, 0.05) is 12.2 Å². The maximum Gasteiger partial charge on any atom is 0.326 e. The molecule has 0 saturated carbocycles. The summed E-state index contributed by atoms with van der Waals surface area (Å²) < 4.78 is 39.0. The number of nitrogen functional groups attached to an aromatic ring is 1. The van der Waals surface area contributed by atoms with Crippen LogP contribution in [0.15, 0.2) is 12.1 Å². The SMILES string of the molecule is Nc1cc(C(F)(F)Br)cc(CCO)c1F. The highest BCUT2D eigenvalue weighted by Gasteiger charge is 2.28. The molecule has 0 amide bonds. The Morgan fingerprint density at radius 1 is 1.40 bits per heavy atom. The first-order valence-electron chi connectivity index (χ1n) is 4.12. The zero-order valence-corrected chi connectivity index (χ0v) is 9.19. The molecule has 0 aromatic heterocycles. The monoisotopic (exact) mass is 283 g/mol. The van der Waals surface area contributed by atoms with Crippen LogP contribution in [0, 0.1) is 5.82 Å². The molecule has 84 valence electrons. The van der Waals surface area contributed by atoms with E-state index in [4.69, 9.17) is 10.8 Å². The molecule has 0 aliphatic heterocycles. The van der Waals surface area contributed by atoms with Crippen LogP contribution in [0.4, 0.5) is 18.9 Å². The fourth-order valence-corrected chi connectivity index (χ4v) is 1.40. The van der Waals surface area contributed by atoms with E-state index in [9.17, 15) is 13.2 Å². The molecule has 3 N–H and O–H groups in total. The Labute approximate surface area is 93.0 Å². The van der Waals surface area contributed by atoms with Crippen molar-refractivity contribution in [2.75, 3.05) is 12.3 Å². The predicted octanol–water partition coefficient (Wildman–Crippen LogP) is 2.39. The first-order valence-corrected chi connectivity index (χ1v) is 4.91. The number of aliphatic hydroxyl groups excluding tert-OH is 1. The smallest absolute Gasteiger partial charge is 0.326 e. The molecule has 0 spiro atoms. The Morgan fingerprint density at radius 2 is 2.00 bits per heavy atom. The van der Waals surface area contributed by atoms with Gasteiger partial charge in [0.2, 0.25) is 0 Å². The number of halogens is 4. The standard InChI is InChI=1S/C9H9BrF3NO/c10-9(12,13)6-3-5(1-2-15)8(11)7(14)4-6/h3-4,15H,1-2,14H2. The summed E-state index contributed by atoms with van der Waals surface area (Å²) in [4.78, 5) is -3.25. The Bertz CT molecular complexity index is 365. The summed E-state index contributed by atoms with van der Waals surface area (Å²) in [6, 6.07) is 1.85. The maximum atomic E-state index is 13.3. The second kappa shape index (κ2) is 4.40. The molecule has 1 rings (SSSR count). The minimum atomic E-state index is -3.25. The van der Waals surface area contributed by atoms with Crippen molar-refractivity contribution in [1.82, 2.24) is 0 Å². The highest BCUT2D eigenvalue weighted by Crippen LogP contribution is 2.36. The van der Waals surface area contributed by atoms with Crippen molar-refractivity contribution in [3.05, 3.63) is 29.1 Å². The first-order chi connectivity index (χ1) is 6.86. The average Bonchev–Trinajstić information content (AvgIpc) is 2.11. The van der Waals surface area contributed by atoms with Crippen LogP contribution in [0.25, 0.3) is 0 Å². The molecule has 6 heteroatoms. The summed E-state index contributed by atoms with van der Waals surface area (Å²) in [6.07, 6.45) is -0.0487. The molecule has 15 heavy (non-hydrogen) atoms. The van der Waals surface area contributed by atoms with E-state index >= 15 is 0 Å². The number of benzene rings is 1. The van der Waals surface area contributed by atoms with Gasteiger partial charge >= 0.3 is 4.83 Å². The molecule has 1 aromatic carbocycles. The Morgan fingerprint density at radius 3 is 2.47 bits per heavy atom. The molecule has 0 aliphatic rings. The van der Waals surface area contributed by atoms with E-state index < -0.39 is 16.2 Å². The van der Waals surface area contributed by atoms with E-state index in [1.165, 1.54) is 0 Å². The largest absolute Gasteiger partial charge is 0.396 e. The molecule has 0 aliphatic carbocycles. The summed E-state index contributed by atoms with van der Waals surface area (Å²) in [5, 5.41) is 8.62. The quantitative estimate of drug-likeness (QED) is 0.661. The predicted molar refractivity (Wildman–Crippen MR) is 54.4 cm³/mol. The number of nitrogens with two attached hydrogens (primary N) is 1. The van der Waals surface area contributed by atoms with Crippen LogP contribution in [-0.2, 0) is 11.3 Å². The van der Waals surface area contributed by atoms with Crippen molar-refractivity contribution in [3.8, 4) is 0 Å². The van der Waals surface area contributed by atoms with Gasteiger partial charge in [0.1, 0.15) is 5.82 Å². The number of anilines is 1. The Hall–Kier alpha value is -0.750. The summed E-state index contributed by atoms with van der Waals surface area (Å²) in [5.41, 5.74) is 4.44. The molecular weight excluding hydrogens is 275 g/mol. The third-order valence-electron chi connectivity index (χ3n) is 1.88. The summed E-state index contributed by atoms with van der Waals surface area (Å²) in [7, 11) is 0. The maximum absolute atomic E-state index is 13.3. The molecule has 1 aromatic rings. The zero-order valence-electron chi connectivity index (χ0n) is 7.61. The number of rotatable bonds is 3. The molecule has 0 fully saturated rings. The lowest BCUT2D eigenvalue weighted by atomic mass is 10.1. The molecule has 0 heterocycles. The van der Waals surface area contributed by atoms with Gasteiger partial charge in [-0.25, -0.2) is 4.39 Å². The molecule has 0 atom stereocenters. The molecular formula is C9H9BrF3NO. The highest BCUT2D eigenvalue weighted by atomic mass is 79.9. The van der Waals surface area contributed by atoms with Gasteiger partial charge < -0.3 is 10.8 Å². The fourth-order valence-electron chi connectivity index (χ4n) is 1.18. The lowest BCUT2D eigenvalue weighted by Crippen LogP contribution is -2.08. The number of hydrogen-bond acceptors (Lipinski definition) is 2. The van der Waals surface area contributed by atoms with Crippen molar-refractivity contribution in [3.63, 3.8) is 0 Å². The van der Waals surface area contributed by atoms with Gasteiger partial charge in [-0.3, -0.25) is 0 Å². The normalized spacial score (nSPS) is 11.8. The van der Waals surface area contributed by atoms with E-state index in [-0.39, 0.29) is 24.3 Å². The van der Waals surface area contributed by atoms with E-state index in [2.05, 4.69) is 15.9 Å². The second-order valence-electron chi connectivity index (χ2n) is 3.01. The van der Waals surface area contributed by atoms with Crippen LogP contribution in [0.5, 0.6) is 0 Å². The molecule has 0 saturated heterocycles. The van der Waals surface area contributed by atoms with Gasteiger partial charge in [-0.1, -0.05) is 0 Å². The zero-order chi connectivity index (χ0) is 11.6. The average molecular weight is 284 g/mol. The topological polar surface area (TPSA) is 46.2 Å². The van der Waals surface area contributed by atoms with Crippen LogP contribution in [-0.4, -0.2) is 11.7 Å². The summed E-state index contributed by atoms with van der Waals surface area (Å²) in [6.45, 7) is -0.326. The van der Waals surface area contributed by atoms with Crippen molar-refractivity contribution in [2.24, 2.45) is 0 Å². The van der Waals surface area contributed by atoms with Crippen LogP contribution >= 0.6 is 15.9 Å².